The number of hydrogen-bond donors (Lipinski definition) is 1. The summed E-state index contributed by atoms with van der Waals surface area (Å²) in [5.41, 5.74) is 2.14. The number of aromatic nitrogens is 2. The fraction of sp³-hybridized carbons (Fsp3) is 0.667. The molecule has 2 aliphatic rings. The van der Waals surface area contributed by atoms with Crippen LogP contribution in [0.5, 0.6) is 0 Å². The van der Waals surface area contributed by atoms with Gasteiger partial charge < -0.3 is 14.8 Å². The Labute approximate surface area is 124 Å². The molecule has 2 aliphatic heterocycles. The zero-order valence-electron chi connectivity index (χ0n) is 12.5. The third-order valence-electron chi connectivity index (χ3n) is 4.32. The first-order valence-electron chi connectivity index (χ1n) is 7.73. The molecule has 114 valence electrons. The maximum absolute atomic E-state index is 12.3. The smallest absolute Gasteiger partial charge is 0.224 e. The molecule has 2 amide bonds. The van der Waals surface area contributed by atoms with Crippen molar-refractivity contribution in [2.45, 2.75) is 45.6 Å². The van der Waals surface area contributed by atoms with E-state index in [1.165, 1.54) is 0 Å². The number of aryl methyl sites for hydroxylation is 1. The number of carbonyl (C=O) groups excluding carboxylic acids is 2. The minimum absolute atomic E-state index is 0.131. The Bertz CT molecular complexity index is 552. The monoisotopic (exact) mass is 290 g/mol. The Morgan fingerprint density at radius 1 is 1.29 bits per heavy atom. The van der Waals surface area contributed by atoms with Crippen LogP contribution >= 0.6 is 0 Å². The van der Waals surface area contributed by atoms with Crippen LogP contribution in [0.3, 0.4) is 0 Å². The van der Waals surface area contributed by atoms with Crippen LogP contribution in [0.15, 0.2) is 0 Å². The van der Waals surface area contributed by atoms with Gasteiger partial charge in [-0.3, -0.25) is 9.59 Å². The third kappa shape index (κ3) is 3.09. The van der Waals surface area contributed by atoms with Crippen molar-refractivity contribution in [2.24, 2.45) is 0 Å². The predicted octanol–water partition coefficient (Wildman–Crippen LogP) is 1.01. The van der Waals surface area contributed by atoms with Crippen molar-refractivity contribution < 1.29 is 9.59 Å². The van der Waals surface area contributed by atoms with Gasteiger partial charge in [-0.15, -0.1) is 0 Å². The molecule has 6 nitrogen and oxygen atoms in total. The average molecular weight is 290 g/mol. The van der Waals surface area contributed by atoms with Crippen molar-refractivity contribution in [3.8, 4) is 0 Å². The molecule has 0 bridgehead atoms. The fourth-order valence-corrected chi connectivity index (χ4v) is 3.14. The molecular formula is C15H22N4O2. The number of fused-ring (bicyclic) bond motifs is 1. The van der Waals surface area contributed by atoms with Gasteiger partial charge in [0.25, 0.3) is 0 Å². The number of hydrogen-bond acceptors (Lipinski definition) is 3. The van der Waals surface area contributed by atoms with E-state index in [9.17, 15) is 9.59 Å². The van der Waals surface area contributed by atoms with Crippen LogP contribution in [0, 0.1) is 6.92 Å². The van der Waals surface area contributed by atoms with Gasteiger partial charge in [0.05, 0.1) is 17.9 Å². The number of aromatic amines is 1. The first-order valence-corrected chi connectivity index (χ1v) is 7.73. The van der Waals surface area contributed by atoms with Gasteiger partial charge in [-0.05, 0) is 19.8 Å². The number of likely N-dealkylation sites (tertiary alicyclic amines) is 1. The van der Waals surface area contributed by atoms with E-state index in [-0.39, 0.29) is 11.8 Å². The Morgan fingerprint density at radius 2 is 2.14 bits per heavy atom. The highest BCUT2D eigenvalue weighted by Crippen LogP contribution is 2.18. The van der Waals surface area contributed by atoms with Gasteiger partial charge in [0.2, 0.25) is 11.8 Å². The molecule has 0 aliphatic carbocycles. The second kappa shape index (κ2) is 5.87. The lowest BCUT2D eigenvalue weighted by Gasteiger charge is -2.29. The Balaban J connectivity index is 1.53. The molecule has 1 aromatic rings. The number of carbonyl (C=O) groups is 2. The summed E-state index contributed by atoms with van der Waals surface area (Å²) in [4.78, 5) is 35.4. The zero-order valence-corrected chi connectivity index (χ0v) is 12.5. The van der Waals surface area contributed by atoms with Crippen LogP contribution < -0.4 is 0 Å². The number of nitrogens with one attached hydrogen (secondary N) is 1. The molecule has 0 saturated carbocycles. The van der Waals surface area contributed by atoms with Crippen LogP contribution in [0.25, 0.3) is 0 Å². The molecule has 0 unspecified atom stereocenters. The number of H-pyrrole nitrogens is 1. The summed E-state index contributed by atoms with van der Waals surface area (Å²) in [7, 11) is 0. The normalized spacial score (nSPS) is 18.8. The largest absolute Gasteiger partial charge is 0.344 e. The molecule has 1 fully saturated rings. The molecule has 0 aromatic carbocycles. The van der Waals surface area contributed by atoms with Crippen LogP contribution in [-0.2, 0) is 22.6 Å². The summed E-state index contributed by atoms with van der Waals surface area (Å²) >= 11 is 0. The van der Waals surface area contributed by atoms with Gasteiger partial charge in [0, 0.05) is 38.9 Å². The predicted molar refractivity (Wildman–Crippen MR) is 77.5 cm³/mol. The summed E-state index contributed by atoms with van der Waals surface area (Å²) in [6.07, 6.45) is 3.91. The van der Waals surface area contributed by atoms with E-state index >= 15 is 0 Å². The molecule has 3 rings (SSSR count). The molecule has 1 aromatic heterocycles. The molecule has 0 spiro atoms. The quantitative estimate of drug-likeness (QED) is 0.903. The number of rotatable bonds is 3. The van der Waals surface area contributed by atoms with Gasteiger partial charge in [-0.2, -0.15) is 0 Å². The van der Waals surface area contributed by atoms with Crippen LogP contribution in [-0.4, -0.2) is 51.2 Å². The Hall–Kier alpha value is -1.85. The van der Waals surface area contributed by atoms with Gasteiger partial charge in [0.1, 0.15) is 5.82 Å². The number of amides is 2. The lowest BCUT2D eigenvalue weighted by atomic mass is 10.1. The van der Waals surface area contributed by atoms with E-state index in [2.05, 4.69) is 9.97 Å². The SMILES string of the molecule is Cc1nc2c([nH]1)CN(C(=O)CCN1CCCCC1=O)CC2. The number of piperidine rings is 1. The summed E-state index contributed by atoms with van der Waals surface area (Å²) in [6.45, 7) is 4.64. The first-order chi connectivity index (χ1) is 10.1. The summed E-state index contributed by atoms with van der Waals surface area (Å²) in [5, 5.41) is 0. The van der Waals surface area contributed by atoms with Crippen molar-refractivity contribution in [2.75, 3.05) is 19.6 Å². The van der Waals surface area contributed by atoms with Crippen LogP contribution in [0.4, 0.5) is 0 Å². The minimum Gasteiger partial charge on any atom is -0.344 e. The van der Waals surface area contributed by atoms with E-state index in [1.807, 2.05) is 16.7 Å². The molecule has 3 heterocycles. The van der Waals surface area contributed by atoms with Gasteiger partial charge in [-0.1, -0.05) is 0 Å². The first kappa shape index (κ1) is 14.1. The van der Waals surface area contributed by atoms with Gasteiger partial charge in [-0.25, -0.2) is 4.98 Å². The fourth-order valence-electron chi connectivity index (χ4n) is 3.14. The van der Waals surface area contributed by atoms with E-state index in [4.69, 9.17) is 0 Å². The average Bonchev–Trinajstić information content (AvgIpc) is 2.85. The van der Waals surface area contributed by atoms with Crippen molar-refractivity contribution in [3.63, 3.8) is 0 Å². The Morgan fingerprint density at radius 3 is 2.95 bits per heavy atom. The zero-order chi connectivity index (χ0) is 14.8. The van der Waals surface area contributed by atoms with Crippen molar-refractivity contribution >= 4 is 11.8 Å². The molecule has 1 N–H and O–H groups in total. The maximum atomic E-state index is 12.3. The Kier molecular flexibility index (Phi) is 3.94. The molecule has 1 saturated heterocycles. The molecule has 6 heteroatoms. The summed E-state index contributed by atoms with van der Waals surface area (Å²) in [5.74, 6) is 1.23. The summed E-state index contributed by atoms with van der Waals surface area (Å²) in [6, 6.07) is 0. The van der Waals surface area contributed by atoms with Crippen LogP contribution in [0.2, 0.25) is 0 Å². The van der Waals surface area contributed by atoms with Gasteiger partial charge >= 0.3 is 0 Å². The second-order valence-electron chi connectivity index (χ2n) is 5.90. The molecule has 21 heavy (non-hydrogen) atoms. The second-order valence-corrected chi connectivity index (χ2v) is 5.90. The highest BCUT2D eigenvalue weighted by Gasteiger charge is 2.24. The van der Waals surface area contributed by atoms with Gasteiger partial charge in [0.15, 0.2) is 0 Å². The molecule has 0 atom stereocenters. The number of imidazole rings is 1. The highest BCUT2D eigenvalue weighted by atomic mass is 16.2. The highest BCUT2D eigenvalue weighted by molar-refractivity contribution is 5.79. The van der Waals surface area contributed by atoms with Crippen molar-refractivity contribution in [3.05, 3.63) is 17.2 Å². The summed E-state index contributed by atoms with van der Waals surface area (Å²) < 4.78 is 0. The van der Waals surface area contributed by atoms with Crippen LogP contribution in [0.1, 0.15) is 42.9 Å². The third-order valence-corrected chi connectivity index (χ3v) is 4.32. The van der Waals surface area contributed by atoms with Crippen molar-refractivity contribution in [1.82, 2.24) is 19.8 Å². The lowest BCUT2D eigenvalue weighted by molar-refractivity contribution is -0.136. The maximum Gasteiger partial charge on any atom is 0.224 e. The van der Waals surface area contributed by atoms with E-state index < -0.39 is 0 Å². The minimum atomic E-state index is 0.131. The lowest BCUT2D eigenvalue weighted by Crippen LogP contribution is -2.40. The standard InChI is InChI=1S/C15H22N4O2/c1-11-16-12-5-8-19(10-13(12)17-11)15(21)6-9-18-7-3-2-4-14(18)20/h2-10H2,1H3,(H,16,17). The number of nitrogens with zero attached hydrogens (tertiary/aromatic N) is 3. The molecule has 0 radical (unpaired) electrons. The topological polar surface area (TPSA) is 69.3 Å². The van der Waals surface area contributed by atoms with E-state index in [0.717, 1.165) is 49.6 Å². The van der Waals surface area contributed by atoms with Crippen molar-refractivity contribution in [1.29, 1.82) is 0 Å². The molecular weight excluding hydrogens is 268 g/mol. The van der Waals surface area contributed by atoms with E-state index in [1.54, 1.807) is 0 Å². The van der Waals surface area contributed by atoms with E-state index in [0.29, 0.717) is 25.9 Å².